The SMILES string of the molecule is CC(=O)N[C@@H]1CCCc2cc3c(cc2C1=O)CCCC3. The summed E-state index contributed by atoms with van der Waals surface area (Å²) in [5.41, 5.74) is 4.80. The number of benzene rings is 1. The molecular weight excluding hydrogens is 250 g/mol. The van der Waals surface area contributed by atoms with Crippen LogP contribution >= 0.6 is 0 Å². The monoisotopic (exact) mass is 271 g/mol. The summed E-state index contributed by atoms with van der Waals surface area (Å²) in [6.07, 6.45) is 7.36. The van der Waals surface area contributed by atoms with Crippen LogP contribution in [-0.4, -0.2) is 17.7 Å². The molecule has 0 spiro atoms. The molecule has 2 aliphatic rings. The summed E-state index contributed by atoms with van der Waals surface area (Å²) in [5, 5.41) is 2.80. The number of ketones is 1. The summed E-state index contributed by atoms with van der Waals surface area (Å²) in [5.74, 6) is -0.0224. The highest BCUT2D eigenvalue weighted by Crippen LogP contribution is 2.29. The van der Waals surface area contributed by atoms with E-state index in [0.717, 1.165) is 37.7 Å². The van der Waals surface area contributed by atoms with Crippen LogP contribution < -0.4 is 5.32 Å². The molecule has 0 aromatic heterocycles. The molecule has 0 unspecified atom stereocenters. The first kappa shape index (κ1) is 13.3. The molecule has 3 heteroatoms. The maximum absolute atomic E-state index is 12.6. The molecular formula is C17H21NO2. The van der Waals surface area contributed by atoms with Crippen molar-refractivity contribution in [3.63, 3.8) is 0 Å². The lowest BCUT2D eigenvalue weighted by Crippen LogP contribution is -2.39. The second-order valence-electron chi connectivity index (χ2n) is 5.99. The minimum atomic E-state index is -0.338. The summed E-state index contributed by atoms with van der Waals surface area (Å²) in [7, 11) is 0. The molecule has 1 aromatic rings. The van der Waals surface area contributed by atoms with E-state index in [4.69, 9.17) is 0 Å². The van der Waals surface area contributed by atoms with Gasteiger partial charge in [0, 0.05) is 12.5 Å². The van der Waals surface area contributed by atoms with Crippen molar-refractivity contribution < 1.29 is 9.59 Å². The number of aryl methyl sites for hydroxylation is 3. The Morgan fingerprint density at radius 2 is 1.70 bits per heavy atom. The fourth-order valence-corrected chi connectivity index (χ4v) is 3.47. The van der Waals surface area contributed by atoms with E-state index in [1.54, 1.807) is 0 Å². The lowest BCUT2D eigenvalue weighted by molar-refractivity contribution is -0.119. The van der Waals surface area contributed by atoms with Gasteiger partial charge in [0.25, 0.3) is 0 Å². The smallest absolute Gasteiger partial charge is 0.217 e. The van der Waals surface area contributed by atoms with Gasteiger partial charge in [-0.15, -0.1) is 0 Å². The predicted molar refractivity (Wildman–Crippen MR) is 78.0 cm³/mol. The first-order valence-corrected chi connectivity index (χ1v) is 7.61. The Morgan fingerprint density at radius 1 is 1.05 bits per heavy atom. The average Bonchev–Trinajstić information content (AvgIpc) is 2.57. The van der Waals surface area contributed by atoms with Crippen molar-refractivity contribution in [2.75, 3.05) is 0 Å². The molecule has 0 bridgehead atoms. The standard InChI is InChI=1S/C17H21NO2/c1-11(19)18-16-8-4-7-14-9-12-5-2-3-6-13(12)10-15(14)17(16)20/h9-10,16H,2-8H2,1H3,(H,18,19)/t16-/m1/s1. The molecule has 1 N–H and O–H groups in total. The number of carbonyl (C=O) groups excluding carboxylic acids is 2. The zero-order valence-electron chi connectivity index (χ0n) is 12.0. The highest BCUT2D eigenvalue weighted by molar-refractivity contribution is 6.03. The van der Waals surface area contributed by atoms with Gasteiger partial charge in [-0.25, -0.2) is 0 Å². The second-order valence-corrected chi connectivity index (χ2v) is 5.99. The fraction of sp³-hybridized carbons (Fsp3) is 0.529. The summed E-state index contributed by atoms with van der Waals surface area (Å²) in [4.78, 5) is 23.9. The molecule has 20 heavy (non-hydrogen) atoms. The van der Waals surface area contributed by atoms with E-state index in [-0.39, 0.29) is 17.7 Å². The first-order chi connectivity index (χ1) is 9.65. The third-order valence-corrected chi connectivity index (χ3v) is 4.47. The zero-order valence-corrected chi connectivity index (χ0v) is 12.0. The van der Waals surface area contributed by atoms with Gasteiger partial charge in [-0.3, -0.25) is 9.59 Å². The Kier molecular flexibility index (Phi) is 3.60. The topological polar surface area (TPSA) is 46.2 Å². The van der Waals surface area contributed by atoms with E-state index in [2.05, 4.69) is 17.4 Å². The van der Waals surface area contributed by atoms with Crippen molar-refractivity contribution >= 4 is 11.7 Å². The van der Waals surface area contributed by atoms with Crippen LogP contribution in [-0.2, 0) is 24.1 Å². The predicted octanol–water partition coefficient (Wildman–Crippen LogP) is 2.59. The van der Waals surface area contributed by atoms with Gasteiger partial charge in [0.2, 0.25) is 5.91 Å². The summed E-state index contributed by atoms with van der Waals surface area (Å²) < 4.78 is 0. The Hall–Kier alpha value is -1.64. The Bertz CT molecular complexity index is 562. The van der Waals surface area contributed by atoms with E-state index < -0.39 is 0 Å². The van der Waals surface area contributed by atoms with Gasteiger partial charge in [-0.05, 0) is 67.7 Å². The Balaban J connectivity index is 1.97. The quantitative estimate of drug-likeness (QED) is 0.798. The molecule has 1 amide bonds. The van der Waals surface area contributed by atoms with Crippen molar-refractivity contribution in [1.82, 2.24) is 5.32 Å². The van der Waals surface area contributed by atoms with Gasteiger partial charge in [-0.1, -0.05) is 6.07 Å². The molecule has 1 atom stereocenters. The lowest BCUT2D eigenvalue weighted by atomic mass is 9.86. The minimum Gasteiger partial charge on any atom is -0.346 e. The van der Waals surface area contributed by atoms with E-state index in [0.29, 0.717) is 0 Å². The molecule has 0 heterocycles. The van der Waals surface area contributed by atoms with Crippen LogP contribution in [0.25, 0.3) is 0 Å². The Labute approximate surface area is 119 Å². The molecule has 0 radical (unpaired) electrons. The second kappa shape index (κ2) is 5.39. The fourth-order valence-electron chi connectivity index (χ4n) is 3.47. The molecule has 0 saturated carbocycles. The number of hydrogen-bond donors (Lipinski definition) is 1. The number of amides is 1. The summed E-state index contributed by atoms with van der Waals surface area (Å²) >= 11 is 0. The molecule has 1 aromatic carbocycles. The largest absolute Gasteiger partial charge is 0.346 e. The number of nitrogens with one attached hydrogen (secondary N) is 1. The van der Waals surface area contributed by atoms with E-state index in [9.17, 15) is 9.59 Å². The van der Waals surface area contributed by atoms with Gasteiger partial charge < -0.3 is 5.32 Å². The van der Waals surface area contributed by atoms with Crippen LogP contribution in [0.5, 0.6) is 0 Å². The van der Waals surface area contributed by atoms with Crippen molar-refractivity contribution in [3.05, 3.63) is 34.4 Å². The summed E-state index contributed by atoms with van der Waals surface area (Å²) in [6.45, 7) is 1.48. The molecule has 2 aliphatic carbocycles. The van der Waals surface area contributed by atoms with Gasteiger partial charge >= 0.3 is 0 Å². The van der Waals surface area contributed by atoms with Gasteiger partial charge in [0.15, 0.2) is 5.78 Å². The molecule has 3 rings (SSSR count). The zero-order chi connectivity index (χ0) is 14.1. The third kappa shape index (κ3) is 2.49. The van der Waals surface area contributed by atoms with Crippen LogP contribution in [0.3, 0.4) is 0 Å². The molecule has 106 valence electrons. The first-order valence-electron chi connectivity index (χ1n) is 7.61. The van der Waals surface area contributed by atoms with E-state index in [1.165, 1.54) is 36.5 Å². The number of rotatable bonds is 1. The number of hydrogen-bond acceptors (Lipinski definition) is 2. The average molecular weight is 271 g/mol. The number of fused-ring (bicyclic) bond motifs is 2. The highest BCUT2D eigenvalue weighted by atomic mass is 16.2. The van der Waals surface area contributed by atoms with Crippen LogP contribution in [0.4, 0.5) is 0 Å². The number of Topliss-reactive ketones (excluding diaryl/α,β-unsaturated/α-hetero) is 1. The van der Waals surface area contributed by atoms with Crippen LogP contribution in [0.2, 0.25) is 0 Å². The molecule has 0 aliphatic heterocycles. The van der Waals surface area contributed by atoms with Crippen LogP contribution in [0.1, 0.15) is 59.7 Å². The van der Waals surface area contributed by atoms with Crippen LogP contribution in [0.15, 0.2) is 12.1 Å². The van der Waals surface area contributed by atoms with Gasteiger partial charge in [0.1, 0.15) is 0 Å². The normalized spacial score (nSPS) is 21.6. The Morgan fingerprint density at radius 3 is 2.40 bits per heavy atom. The minimum absolute atomic E-state index is 0.0982. The van der Waals surface area contributed by atoms with E-state index >= 15 is 0 Å². The highest BCUT2D eigenvalue weighted by Gasteiger charge is 2.27. The maximum atomic E-state index is 12.6. The molecule has 0 saturated heterocycles. The number of carbonyl (C=O) groups is 2. The van der Waals surface area contributed by atoms with Crippen LogP contribution in [0, 0.1) is 0 Å². The lowest BCUT2D eigenvalue weighted by Gasteiger charge is -2.19. The van der Waals surface area contributed by atoms with Gasteiger partial charge in [0.05, 0.1) is 6.04 Å². The van der Waals surface area contributed by atoms with Crippen molar-refractivity contribution in [3.8, 4) is 0 Å². The maximum Gasteiger partial charge on any atom is 0.217 e. The van der Waals surface area contributed by atoms with Crippen molar-refractivity contribution in [2.45, 2.75) is 57.9 Å². The molecule has 3 nitrogen and oxygen atoms in total. The van der Waals surface area contributed by atoms with Crippen molar-refractivity contribution in [1.29, 1.82) is 0 Å². The van der Waals surface area contributed by atoms with E-state index in [1.807, 2.05) is 0 Å². The van der Waals surface area contributed by atoms with Crippen molar-refractivity contribution in [2.24, 2.45) is 0 Å². The van der Waals surface area contributed by atoms with Gasteiger partial charge in [-0.2, -0.15) is 0 Å². The molecule has 0 fully saturated rings. The third-order valence-electron chi connectivity index (χ3n) is 4.47. The summed E-state index contributed by atoms with van der Waals surface area (Å²) in [6, 6.07) is 4.01.